The summed E-state index contributed by atoms with van der Waals surface area (Å²) in [6, 6.07) is 21.9. The van der Waals surface area contributed by atoms with Crippen LogP contribution in [-0.2, 0) is 4.79 Å². The SMILES string of the molecule is O=C(O)c1ccc2c(c1)N(Nc1ccc3[nH]ccc3c1)C(=O)C2=Cc1ccccc1. The number of carboxylic acid groups (broad SMARTS) is 1. The van der Waals surface area contributed by atoms with Crippen molar-refractivity contribution in [3.63, 3.8) is 0 Å². The molecule has 2 heterocycles. The zero-order valence-corrected chi connectivity index (χ0v) is 15.8. The lowest BCUT2D eigenvalue weighted by Crippen LogP contribution is -2.32. The predicted molar refractivity (Wildman–Crippen MR) is 117 cm³/mol. The van der Waals surface area contributed by atoms with E-state index in [-0.39, 0.29) is 11.5 Å². The van der Waals surface area contributed by atoms with Gasteiger partial charge in [-0.25, -0.2) is 9.80 Å². The molecular weight excluding hydrogens is 378 g/mol. The third-order valence-corrected chi connectivity index (χ3v) is 5.11. The van der Waals surface area contributed by atoms with Crippen LogP contribution in [-0.4, -0.2) is 22.0 Å². The van der Waals surface area contributed by atoms with Crippen LogP contribution in [0.3, 0.4) is 0 Å². The monoisotopic (exact) mass is 395 g/mol. The molecule has 0 aliphatic carbocycles. The van der Waals surface area contributed by atoms with Gasteiger partial charge in [0.2, 0.25) is 0 Å². The van der Waals surface area contributed by atoms with Crippen LogP contribution in [0, 0.1) is 0 Å². The normalized spacial score (nSPS) is 14.3. The van der Waals surface area contributed by atoms with Gasteiger partial charge in [-0.05, 0) is 48.0 Å². The first-order chi connectivity index (χ1) is 14.6. The summed E-state index contributed by atoms with van der Waals surface area (Å²) in [6.45, 7) is 0. The van der Waals surface area contributed by atoms with Gasteiger partial charge in [0, 0.05) is 22.7 Å². The molecule has 0 saturated carbocycles. The van der Waals surface area contributed by atoms with Crippen molar-refractivity contribution in [3.05, 3.63) is 95.7 Å². The number of aromatic amines is 1. The van der Waals surface area contributed by atoms with Gasteiger partial charge >= 0.3 is 5.97 Å². The number of hydrogen-bond acceptors (Lipinski definition) is 3. The number of nitrogens with zero attached hydrogens (tertiary/aromatic N) is 1. The molecule has 0 unspecified atom stereocenters. The van der Waals surface area contributed by atoms with Gasteiger partial charge in [-0.2, -0.15) is 0 Å². The fourth-order valence-corrected chi connectivity index (χ4v) is 3.64. The molecule has 6 heteroatoms. The van der Waals surface area contributed by atoms with Crippen LogP contribution in [0.5, 0.6) is 0 Å². The first kappa shape index (κ1) is 17.8. The highest BCUT2D eigenvalue weighted by atomic mass is 16.4. The van der Waals surface area contributed by atoms with Gasteiger partial charge < -0.3 is 10.1 Å². The number of benzene rings is 3. The number of hydrogen-bond donors (Lipinski definition) is 3. The second-order valence-electron chi connectivity index (χ2n) is 7.04. The third-order valence-electron chi connectivity index (χ3n) is 5.11. The summed E-state index contributed by atoms with van der Waals surface area (Å²) in [5, 5.41) is 11.8. The molecule has 1 aliphatic rings. The van der Waals surface area contributed by atoms with Crippen molar-refractivity contribution in [1.82, 2.24) is 4.98 Å². The van der Waals surface area contributed by atoms with Crippen molar-refractivity contribution in [2.75, 3.05) is 10.4 Å². The van der Waals surface area contributed by atoms with E-state index in [1.807, 2.05) is 66.9 Å². The highest BCUT2D eigenvalue weighted by molar-refractivity contribution is 6.36. The minimum absolute atomic E-state index is 0.121. The Labute approximate surface area is 172 Å². The molecule has 0 spiro atoms. The number of anilines is 2. The Hall–Kier alpha value is -4.32. The first-order valence-corrected chi connectivity index (χ1v) is 9.43. The average molecular weight is 395 g/mol. The lowest BCUT2D eigenvalue weighted by Gasteiger charge is -2.20. The van der Waals surface area contributed by atoms with Crippen molar-refractivity contribution >= 4 is 45.8 Å². The smallest absolute Gasteiger partial charge is 0.335 e. The second kappa shape index (κ2) is 6.93. The number of hydrazine groups is 1. The molecule has 0 fully saturated rings. The van der Waals surface area contributed by atoms with Gasteiger partial charge in [0.15, 0.2) is 0 Å². The number of aromatic carboxylic acids is 1. The fourth-order valence-electron chi connectivity index (χ4n) is 3.64. The van der Waals surface area contributed by atoms with E-state index in [0.29, 0.717) is 16.8 Å². The van der Waals surface area contributed by atoms with Crippen molar-refractivity contribution < 1.29 is 14.7 Å². The highest BCUT2D eigenvalue weighted by Crippen LogP contribution is 2.38. The van der Waals surface area contributed by atoms with Crippen LogP contribution in [0.1, 0.15) is 21.5 Å². The minimum atomic E-state index is -1.04. The van der Waals surface area contributed by atoms with Crippen molar-refractivity contribution in [2.45, 2.75) is 0 Å². The maximum Gasteiger partial charge on any atom is 0.335 e. The largest absolute Gasteiger partial charge is 0.478 e. The van der Waals surface area contributed by atoms with Crippen molar-refractivity contribution in [2.24, 2.45) is 0 Å². The Morgan fingerprint density at radius 1 is 1.00 bits per heavy atom. The van der Waals surface area contributed by atoms with E-state index >= 15 is 0 Å². The molecule has 146 valence electrons. The van der Waals surface area contributed by atoms with E-state index in [1.54, 1.807) is 6.07 Å². The molecular formula is C24H17N3O3. The average Bonchev–Trinajstić information content (AvgIpc) is 3.32. The lowest BCUT2D eigenvalue weighted by molar-refractivity contribution is -0.112. The molecule has 1 aromatic heterocycles. The fraction of sp³-hybridized carbons (Fsp3) is 0. The Balaban J connectivity index is 1.60. The molecule has 3 aromatic carbocycles. The number of fused-ring (bicyclic) bond motifs is 2. The molecule has 5 rings (SSSR count). The van der Waals surface area contributed by atoms with Crippen LogP contribution >= 0.6 is 0 Å². The Bertz CT molecular complexity index is 1320. The Morgan fingerprint density at radius 3 is 2.63 bits per heavy atom. The van der Waals surface area contributed by atoms with E-state index in [4.69, 9.17) is 0 Å². The molecule has 0 saturated heterocycles. The number of amides is 1. The number of H-pyrrole nitrogens is 1. The number of carboxylic acids is 1. The van der Waals surface area contributed by atoms with E-state index in [1.165, 1.54) is 17.1 Å². The van der Waals surface area contributed by atoms with Gasteiger partial charge in [-0.3, -0.25) is 10.2 Å². The van der Waals surface area contributed by atoms with Crippen LogP contribution in [0.15, 0.2) is 79.0 Å². The van der Waals surface area contributed by atoms with Gasteiger partial charge in [-0.15, -0.1) is 0 Å². The summed E-state index contributed by atoms with van der Waals surface area (Å²) in [5.41, 5.74) is 7.58. The van der Waals surface area contributed by atoms with Crippen LogP contribution in [0.2, 0.25) is 0 Å². The molecule has 1 aliphatic heterocycles. The van der Waals surface area contributed by atoms with E-state index < -0.39 is 5.97 Å². The third kappa shape index (κ3) is 3.00. The molecule has 1 amide bonds. The van der Waals surface area contributed by atoms with Gasteiger partial charge in [-0.1, -0.05) is 36.4 Å². The zero-order valence-electron chi connectivity index (χ0n) is 15.8. The van der Waals surface area contributed by atoms with E-state index in [9.17, 15) is 14.7 Å². The van der Waals surface area contributed by atoms with Crippen molar-refractivity contribution in [1.29, 1.82) is 0 Å². The molecule has 0 bridgehead atoms. The maximum absolute atomic E-state index is 13.3. The van der Waals surface area contributed by atoms with Crippen molar-refractivity contribution in [3.8, 4) is 0 Å². The van der Waals surface area contributed by atoms with E-state index in [0.717, 1.165) is 22.2 Å². The molecule has 6 nitrogen and oxygen atoms in total. The predicted octanol–water partition coefficient (Wildman–Crippen LogP) is 4.78. The minimum Gasteiger partial charge on any atom is -0.478 e. The van der Waals surface area contributed by atoms with Gasteiger partial charge in [0.25, 0.3) is 5.91 Å². The van der Waals surface area contributed by atoms with Crippen LogP contribution < -0.4 is 10.4 Å². The summed E-state index contributed by atoms with van der Waals surface area (Å²) >= 11 is 0. The number of nitrogens with one attached hydrogen (secondary N) is 2. The number of carbonyl (C=O) groups is 2. The molecule has 4 aromatic rings. The lowest BCUT2D eigenvalue weighted by atomic mass is 10.0. The van der Waals surface area contributed by atoms with E-state index in [2.05, 4.69) is 10.4 Å². The summed E-state index contributed by atoms with van der Waals surface area (Å²) in [7, 11) is 0. The number of carbonyl (C=O) groups excluding carboxylic acids is 1. The number of rotatable bonds is 4. The summed E-state index contributed by atoms with van der Waals surface area (Å²) < 4.78 is 0. The van der Waals surface area contributed by atoms with Crippen LogP contribution in [0.4, 0.5) is 11.4 Å². The van der Waals surface area contributed by atoms with Gasteiger partial charge in [0.05, 0.1) is 22.5 Å². The van der Waals surface area contributed by atoms with Crippen LogP contribution in [0.25, 0.3) is 22.6 Å². The summed E-state index contributed by atoms with van der Waals surface area (Å²) in [4.78, 5) is 27.9. The molecule has 0 atom stereocenters. The molecule has 30 heavy (non-hydrogen) atoms. The standard InChI is InChI=1S/C24H17N3O3/c28-23-20(12-15-4-2-1-3-5-15)19-8-6-17(24(29)30)14-22(19)27(23)26-18-7-9-21-16(13-18)10-11-25-21/h1-14,25-26H,(H,29,30). The molecule has 0 radical (unpaired) electrons. The maximum atomic E-state index is 13.3. The Morgan fingerprint density at radius 2 is 1.83 bits per heavy atom. The Kier molecular flexibility index (Phi) is 4.10. The number of aromatic nitrogens is 1. The first-order valence-electron chi connectivity index (χ1n) is 9.43. The highest BCUT2D eigenvalue weighted by Gasteiger charge is 2.33. The summed E-state index contributed by atoms with van der Waals surface area (Å²) in [6.07, 6.45) is 3.67. The van der Waals surface area contributed by atoms with Gasteiger partial charge in [0.1, 0.15) is 0 Å². The summed E-state index contributed by atoms with van der Waals surface area (Å²) in [5.74, 6) is -1.29. The zero-order chi connectivity index (χ0) is 20.7. The second-order valence-corrected chi connectivity index (χ2v) is 7.04. The quantitative estimate of drug-likeness (QED) is 0.434. The topological polar surface area (TPSA) is 85.4 Å². The molecule has 3 N–H and O–H groups in total.